The Morgan fingerprint density at radius 1 is 1.47 bits per heavy atom. The van der Waals surface area contributed by atoms with E-state index in [0.29, 0.717) is 16.6 Å². The van der Waals surface area contributed by atoms with Gasteiger partial charge in [0.05, 0.1) is 5.56 Å². The van der Waals surface area contributed by atoms with Crippen molar-refractivity contribution in [2.24, 2.45) is 11.5 Å². The predicted molar refractivity (Wildman–Crippen MR) is 71.9 cm³/mol. The monoisotopic (exact) mass is 297 g/mol. The summed E-state index contributed by atoms with van der Waals surface area (Å²) in [7, 11) is 0. The number of nitrogens with two attached hydrogens (primary N) is 2. The number of rotatable bonds is 4. The molecule has 0 spiro atoms. The first-order chi connectivity index (χ1) is 8.02. The molecule has 1 fully saturated rings. The Balaban J connectivity index is 2.15. The Labute approximate surface area is 109 Å². The van der Waals surface area contributed by atoms with Gasteiger partial charge in [0.15, 0.2) is 0 Å². The van der Waals surface area contributed by atoms with Crippen LogP contribution >= 0.6 is 15.9 Å². The highest BCUT2D eigenvalue weighted by Crippen LogP contribution is 2.30. The van der Waals surface area contributed by atoms with Crippen LogP contribution in [0.15, 0.2) is 22.7 Å². The molecule has 0 unspecified atom stereocenters. The summed E-state index contributed by atoms with van der Waals surface area (Å²) in [6, 6.07) is 5.50. The maximum absolute atomic E-state index is 11.4. The fraction of sp³-hybridized carbons (Fsp3) is 0.417. The molecule has 17 heavy (non-hydrogen) atoms. The standard InChI is InChI=1S/C12H16BrN3O/c13-8-3-1-4-9(10(8)11(14)17)16-7-12(15)5-2-6-12/h1,3-4,16H,2,5-7,15H2,(H2,14,17). The minimum Gasteiger partial charge on any atom is -0.383 e. The first kappa shape index (κ1) is 12.4. The molecule has 1 aromatic rings. The number of anilines is 1. The number of nitrogens with one attached hydrogen (secondary N) is 1. The lowest BCUT2D eigenvalue weighted by Crippen LogP contribution is -2.52. The van der Waals surface area contributed by atoms with Crippen LogP contribution in [0.2, 0.25) is 0 Å². The van der Waals surface area contributed by atoms with E-state index in [4.69, 9.17) is 11.5 Å². The largest absolute Gasteiger partial charge is 0.383 e. The third kappa shape index (κ3) is 2.61. The molecular weight excluding hydrogens is 282 g/mol. The molecule has 0 radical (unpaired) electrons. The zero-order valence-corrected chi connectivity index (χ0v) is 11.1. The summed E-state index contributed by atoms with van der Waals surface area (Å²) >= 11 is 3.33. The number of hydrogen-bond acceptors (Lipinski definition) is 3. The second kappa shape index (κ2) is 4.66. The zero-order chi connectivity index (χ0) is 12.5. The molecule has 0 aromatic heterocycles. The molecule has 2 rings (SSSR count). The number of primary amides is 1. The molecule has 4 nitrogen and oxygen atoms in total. The summed E-state index contributed by atoms with van der Waals surface area (Å²) in [6.45, 7) is 0.670. The molecule has 1 aromatic carbocycles. The van der Waals surface area contributed by atoms with Crippen molar-refractivity contribution in [3.63, 3.8) is 0 Å². The molecular formula is C12H16BrN3O. The molecule has 1 aliphatic carbocycles. The number of benzene rings is 1. The van der Waals surface area contributed by atoms with Gasteiger partial charge in [-0.1, -0.05) is 6.07 Å². The summed E-state index contributed by atoms with van der Waals surface area (Å²) in [6.07, 6.45) is 3.24. The highest BCUT2D eigenvalue weighted by atomic mass is 79.9. The quantitative estimate of drug-likeness (QED) is 0.793. The van der Waals surface area contributed by atoms with Crippen LogP contribution in [0.5, 0.6) is 0 Å². The van der Waals surface area contributed by atoms with E-state index in [-0.39, 0.29) is 5.54 Å². The van der Waals surface area contributed by atoms with Crippen molar-refractivity contribution in [3.05, 3.63) is 28.2 Å². The first-order valence-electron chi connectivity index (χ1n) is 5.63. The molecule has 1 amide bonds. The van der Waals surface area contributed by atoms with E-state index in [2.05, 4.69) is 21.2 Å². The maximum Gasteiger partial charge on any atom is 0.251 e. The van der Waals surface area contributed by atoms with Crippen molar-refractivity contribution in [1.29, 1.82) is 0 Å². The smallest absolute Gasteiger partial charge is 0.251 e. The van der Waals surface area contributed by atoms with Gasteiger partial charge in [-0.3, -0.25) is 4.79 Å². The van der Waals surface area contributed by atoms with Gasteiger partial charge in [0.1, 0.15) is 0 Å². The molecule has 5 heteroatoms. The molecule has 1 aliphatic rings. The average Bonchev–Trinajstić information content (AvgIpc) is 2.23. The molecule has 92 valence electrons. The summed E-state index contributed by atoms with van der Waals surface area (Å²) in [5.74, 6) is -0.445. The van der Waals surface area contributed by atoms with Crippen LogP contribution in [0, 0.1) is 0 Å². The van der Waals surface area contributed by atoms with Gasteiger partial charge in [0, 0.05) is 22.2 Å². The van der Waals surface area contributed by atoms with Crippen molar-refractivity contribution >= 4 is 27.5 Å². The third-order valence-electron chi connectivity index (χ3n) is 3.24. The molecule has 0 atom stereocenters. The summed E-state index contributed by atoms with van der Waals surface area (Å²) in [5, 5.41) is 3.22. The van der Waals surface area contributed by atoms with Crippen molar-refractivity contribution in [1.82, 2.24) is 0 Å². The number of carbonyl (C=O) groups excluding carboxylic acids is 1. The number of hydrogen-bond donors (Lipinski definition) is 3. The van der Waals surface area contributed by atoms with E-state index >= 15 is 0 Å². The van der Waals surface area contributed by atoms with Gasteiger partial charge in [-0.15, -0.1) is 0 Å². The van der Waals surface area contributed by atoms with Crippen molar-refractivity contribution in [3.8, 4) is 0 Å². The average molecular weight is 298 g/mol. The van der Waals surface area contributed by atoms with Crippen LogP contribution in [0.1, 0.15) is 29.6 Å². The molecule has 1 saturated carbocycles. The van der Waals surface area contributed by atoms with Crippen molar-refractivity contribution in [2.75, 3.05) is 11.9 Å². The van der Waals surface area contributed by atoms with E-state index in [9.17, 15) is 4.79 Å². The lowest BCUT2D eigenvalue weighted by molar-refractivity contribution is 0.1000. The highest BCUT2D eigenvalue weighted by Gasteiger charge is 2.32. The Morgan fingerprint density at radius 3 is 2.71 bits per heavy atom. The van der Waals surface area contributed by atoms with Gasteiger partial charge in [0.2, 0.25) is 0 Å². The second-order valence-corrected chi connectivity index (χ2v) is 5.45. The van der Waals surface area contributed by atoms with Crippen LogP contribution in [0.4, 0.5) is 5.69 Å². The summed E-state index contributed by atoms with van der Waals surface area (Å²) in [5.41, 5.74) is 12.6. The summed E-state index contributed by atoms with van der Waals surface area (Å²) in [4.78, 5) is 11.4. The number of amides is 1. The van der Waals surface area contributed by atoms with Gasteiger partial charge in [-0.05, 0) is 47.3 Å². The van der Waals surface area contributed by atoms with Gasteiger partial charge in [-0.2, -0.15) is 0 Å². The fourth-order valence-corrected chi connectivity index (χ4v) is 2.56. The minimum absolute atomic E-state index is 0.128. The normalized spacial score (nSPS) is 17.3. The second-order valence-electron chi connectivity index (χ2n) is 4.60. The van der Waals surface area contributed by atoms with Crippen molar-refractivity contribution in [2.45, 2.75) is 24.8 Å². The van der Waals surface area contributed by atoms with Crippen LogP contribution in [0.3, 0.4) is 0 Å². The maximum atomic E-state index is 11.4. The zero-order valence-electron chi connectivity index (χ0n) is 9.50. The van der Waals surface area contributed by atoms with Crippen LogP contribution in [0.25, 0.3) is 0 Å². The molecule has 0 heterocycles. The number of carbonyl (C=O) groups is 1. The number of halogens is 1. The van der Waals surface area contributed by atoms with Gasteiger partial charge >= 0.3 is 0 Å². The van der Waals surface area contributed by atoms with Gasteiger partial charge < -0.3 is 16.8 Å². The van der Waals surface area contributed by atoms with E-state index < -0.39 is 5.91 Å². The van der Waals surface area contributed by atoms with Gasteiger partial charge in [-0.25, -0.2) is 0 Å². The molecule has 0 aliphatic heterocycles. The SMILES string of the molecule is NC(=O)c1c(Br)cccc1NCC1(N)CCC1. The Bertz CT molecular complexity index is 443. The third-order valence-corrected chi connectivity index (χ3v) is 3.90. The predicted octanol–water partition coefficient (Wildman–Crippen LogP) is 1.84. The molecule has 0 bridgehead atoms. The Kier molecular flexibility index (Phi) is 3.40. The van der Waals surface area contributed by atoms with E-state index in [0.717, 1.165) is 18.5 Å². The van der Waals surface area contributed by atoms with E-state index in [1.165, 1.54) is 6.42 Å². The fourth-order valence-electron chi connectivity index (χ4n) is 2.00. The Morgan fingerprint density at radius 2 is 2.18 bits per heavy atom. The van der Waals surface area contributed by atoms with Crippen LogP contribution < -0.4 is 16.8 Å². The first-order valence-corrected chi connectivity index (χ1v) is 6.42. The van der Waals surface area contributed by atoms with Crippen LogP contribution in [-0.2, 0) is 0 Å². The van der Waals surface area contributed by atoms with Crippen LogP contribution in [-0.4, -0.2) is 18.0 Å². The molecule has 5 N–H and O–H groups in total. The van der Waals surface area contributed by atoms with Crippen molar-refractivity contribution < 1.29 is 4.79 Å². The van der Waals surface area contributed by atoms with Gasteiger partial charge in [0.25, 0.3) is 5.91 Å². The lowest BCUT2D eigenvalue weighted by Gasteiger charge is -2.38. The summed E-state index contributed by atoms with van der Waals surface area (Å²) < 4.78 is 0.703. The van der Waals surface area contributed by atoms with E-state index in [1.54, 1.807) is 6.07 Å². The van der Waals surface area contributed by atoms with E-state index in [1.807, 2.05) is 12.1 Å². The lowest BCUT2D eigenvalue weighted by atomic mass is 9.78. The molecule has 0 saturated heterocycles. The topological polar surface area (TPSA) is 81.1 Å². The highest BCUT2D eigenvalue weighted by molar-refractivity contribution is 9.10. The Hall–Kier alpha value is -1.07. The minimum atomic E-state index is -0.445.